The number of carboxylic acids is 1. The van der Waals surface area contributed by atoms with Crippen molar-refractivity contribution in [3.8, 4) is 5.75 Å². The summed E-state index contributed by atoms with van der Waals surface area (Å²) in [6.07, 6.45) is 1.56. The van der Waals surface area contributed by atoms with Crippen LogP contribution in [0, 0.1) is 4.91 Å². The van der Waals surface area contributed by atoms with Gasteiger partial charge in [-0.3, -0.25) is 18.7 Å². The van der Waals surface area contributed by atoms with Gasteiger partial charge in [-0.05, 0) is 29.4 Å². The molecule has 2 aliphatic rings. The molecule has 1 aromatic heterocycles. The van der Waals surface area contributed by atoms with Gasteiger partial charge in [-0.25, -0.2) is 9.78 Å². The van der Waals surface area contributed by atoms with Crippen molar-refractivity contribution < 1.29 is 28.4 Å². The van der Waals surface area contributed by atoms with Crippen LogP contribution in [-0.2, 0) is 25.2 Å². The van der Waals surface area contributed by atoms with E-state index < -0.39 is 46.0 Å². The number of carbonyl (C=O) groups excluding carboxylic acids is 2. The lowest BCUT2D eigenvalue weighted by atomic mass is 10.0. The molecule has 0 aliphatic carbocycles. The average molecular weight is 538 g/mol. The maximum Gasteiger partial charge on any atom is 0.352 e. The molecule has 15 heteroatoms. The predicted molar refractivity (Wildman–Crippen MR) is 129 cm³/mol. The summed E-state index contributed by atoms with van der Waals surface area (Å²) in [6, 6.07) is 4.06. The van der Waals surface area contributed by atoms with Gasteiger partial charge in [0.2, 0.25) is 6.04 Å². The molecule has 2 aromatic rings. The molecular formula is C20H19N5O7S3. The highest BCUT2D eigenvalue weighted by Gasteiger charge is 2.54. The van der Waals surface area contributed by atoms with Crippen LogP contribution in [0.1, 0.15) is 11.7 Å². The second-order valence-corrected chi connectivity index (χ2v) is 10.9. The molecule has 2 aliphatic heterocycles. The minimum atomic E-state index is -1.48. The van der Waals surface area contributed by atoms with Crippen LogP contribution in [0.4, 0.5) is 5.13 Å². The maximum absolute atomic E-state index is 12.8. The summed E-state index contributed by atoms with van der Waals surface area (Å²) in [6.45, 7) is -0.0703. The van der Waals surface area contributed by atoms with E-state index in [-0.39, 0.29) is 28.9 Å². The molecule has 4 rings (SSSR count). The number of aliphatic carboxylic acids is 1. The number of hydrogen-bond acceptors (Lipinski definition) is 11. The van der Waals surface area contributed by atoms with Crippen molar-refractivity contribution in [2.75, 3.05) is 24.3 Å². The highest BCUT2D eigenvalue weighted by molar-refractivity contribution is 8.00. The second kappa shape index (κ2) is 10.1. The van der Waals surface area contributed by atoms with Gasteiger partial charge in [0, 0.05) is 38.7 Å². The van der Waals surface area contributed by atoms with Crippen LogP contribution in [0.5, 0.6) is 5.75 Å². The number of nitrogens with one attached hydrogen (secondary N) is 1. The molecule has 1 aromatic carbocycles. The Morgan fingerprint density at radius 2 is 2.11 bits per heavy atom. The lowest BCUT2D eigenvalue weighted by Gasteiger charge is -2.49. The fourth-order valence-corrected chi connectivity index (χ4v) is 6.01. The van der Waals surface area contributed by atoms with Gasteiger partial charge < -0.3 is 20.9 Å². The molecule has 0 saturated carbocycles. The number of fused-ring (bicyclic) bond motifs is 1. The van der Waals surface area contributed by atoms with Gasteiger partial charge in [-0.2, -0.15) is 0 Å². The number of anilines is 1. The number of carbonyl (C=O) groups is 3. The number of thioether (sulfide) groups is 1. The first-order chi connectivity index (χ1) is 16.7. The second-order valence-electron chi connectivity index (χ2n) is 7.49. The third-order valence-corrected chi connectivity index (χ3v) is 8.26. The predicted octanol–water partition coefficient (Wildman–Crippen LogP) is 1.09. The van der Waals surface area contributed by atoms with Gasteiger partial charge in [0.1, 0.15) is 29.5 Å². The minimum absolute atomic E-state index is 0.0703. The number of nitrogen functional groups attached to an aromatic ring is 1. The number of benzene rings is 1. The number of aromatic nitrogens is 1. The van der Waals surface area contributed by atoms with Crippen molar-refractivity contribution in [2.24, 2.45) is 5.18 Å². The van der Waals surface area contributed by atoms with Crippen LogP contribution in [-0.4, -0.2) is 67.0 Å². The topological polar surface area (TPSA) is 181 Å². The Labute approximate surface area is 209 Å². The van der Waals surface area contributed by atoms with Crippen molar-refractivity contribution in [3.63, 3.8) is 0 Å². The molecule has 0 spiro atoms. The first kappa shape index (κ1) is 24.8. The largest absolute Gasteiger partial charge is 0.489 e. The number of carboxylic acid groups (broad SMARTS) is 1. The third-order valence-electron chi connectivity index (χ3n) is 5.29. The molecule has 35 heavy (non-hydrogen) atoms. The maximum atomic E-state index is 12.8. The molecule has 4 atom stereocenters. The zero-order valence-electron chi connectivity index (χ0n) is 18.1. The van der Waals surface area contributed by atoms with Gasteiger partial charge in [-0.1, -0.05) is 0 Å². The van der Waals surface area contributed by atoms with E-state index in [0.29, 0.717) is 16.2 Å². The van der Waals surface area contributed by atoms with Gasteiger partial charge in [0.15, 0.2) is 5.13 Å². The molecule has 1 saturated heterocycles. The summed E-state index contributed by atoms with van der Waals surface area (Å²) >= 11 is 2.31. The minimum Gasteiger partial charge on any atom is -0.489 e. The Bertz CT molecular complexity index is 1250. The lowest BCUT2D eigenvalue weighted by Crippen LogP contribution is -2.71. The van der Waals surface area contributed by atoms with Crippen molar-refractivity contribution in [1.29, 1.82) is 0 Å². The highest BCUT2D eigenvalue weighted by atomic mass is 32.2. The van der Waals surface area contributed by atoms with E-state index in [1.54, 1.807) is 30.5 Å². The average Bonchev–Trinajstić information content (AvgIpc) is 3.26. The van der Waals surface area contributed by atoms with Crippen LogP contribution in [0.2, 0.25) is 0 Å². The van der Waals surface area contributed by atoms with Gasteiger partial charge in [0.25, 0.3) is 11.8 Å². The lowest BCUT2D eigenvalue weighted by molar-refractivity contribution is -0.151. The Morgan fingerprint density at radius 1 is 1.40 bits per heavy atom. The van der Waals surface area contributed by atoms with Gasteiger partial charge in [-0.15, -0.1) is 28.0 Å². The number of amides is 2. The number of nitrogens with zero attached hydrogens (tertiary/aromatic N) is 3. The number of β-lactam (4-membered cyclic amide) rings is 1. The Hall–Kier alpha value is -3.30. The van der Waals surface area contributed by atoms with Crippen molar-refractivity contribution >= 4 is 56.8 Å². The molecular weight excluding hydrogens is 518 g/mol. The van der Waals surface area contributed by atoms with E-state index in [2.05, 4.69) is 15.5 Å². The SMILES string of the molecule is CS(=O)c1ccc(OCC2=C(C(=O)O)N3C(=O)C(NC(=O)C(N=O)c4csc(N)n4)[C@@H]3SC2)cc1. The standard InChI is InChI=1S/C20H19N5O7S3/c1-35(31)11-4-2-10(3-5-11)32-6-9-7-33-18-14(17(27)25(18)15(9)19(28)29)23-16(26)13(24-30)12-8-34-20(21)22-12/h2-5,8,13-14,18H,6-7H2,1H3,(H2,21,22)(H,23,26)(H,28,29)/t13?,14?,18-,35?/m0/s1. The van der Waals surface area contributed by atoms with E-state index in [1.165, 1.54) is 17.1 Å². The van der Waals surface area contributed by atoms with Crippen molar-refractivity contribution in [3.05, 3.63) is 51.5 Å². The fraction of sp³-hybridized carbons (Fsp3) is 0.300. The van der Waals surface area contributed by atoms with Crippen LogP contribution < -0.4 is 15.8 Å². The molecule has 3 unspecified atom stereocenters. The summed E-state index contributed by atoms with van der Waals surface area (Å²) in [5, 5.41) is 16.0. The van der Waals surface area contributed by atoms with E-state index in [0.717, 1.165) is 16.2 Å². The summed E-state index contributed by atoms with van der Waals surface area (Å²) in [5.41, 5.74) is 5.81. The normalized spacial score (nSPS) is 20.9. The van der Waals surface area contributed by atoms with E-state index >= 15 is 0 Å². The van der Waals surface area contributed by atoms with E-state index in [4.69, 9.17) is 10.5 Å². The first-order valence-corrected chi connectivity index (χ1v) is 13.5. The number of hydrogen-bond donors (Lipinski definition) is 3. The monoisotopic (exact) mass is 537 g/mol. The molecule has 4 N–H and O–H groups in total. The Kier molecular flexibility index (Phi) is 7.18. The van der Waals surface area contributed by atoms with Gasteiger partial charge in [0.05, 0.1) is 5.69 Å². The quantitative estimate of drug-likeness (QED) is 0.309. The van der Waals surface area contributed by atoms with E-state index in [9.17, 15) is 28.6 Å². The van der Waals surface area contributed by atoms with Crippen LogP contribution in [0.3, 0.4) is 0 Å². The van der Waals surface area contributed by atoms with Crippen molar-refractivity contribution in [2.45, 2.75) is 22.4 Å². The van der Waals surface area contributed by atoms with Gasteiger partial charge >= 0.3 is 5.97 Å². The van der Waals surface area contributed by atoms with Crippen LogP contribution >= 0.6 is 23.1 Å². The fourth-order valence-electron chi connectivity index (χ4n) is 3.59. The number of nitrogens with two attached hydrogens (primary N) is 1. The number of rotatable bonds is 9. The summed E-state index contributed by atoms with van der Waals surface area (Å²) in [7, 11) is -1.14. The van der Waals surface area contributed by atoms with E-state index in [1.807, 2.05) is 0 Å². The zero-order chi connectivity index (χ0) is 25.3. The van der Waals surface area contributed by atoms with Crippen LogP contribution in [0.15, 0.2) is 51.0 Å². The summed E-state index contributed by atoms with van der Waals surface area (Å²) < 4.78 is 17.2. The Balaban J connectivity index is 1.45. The number of ether oxygens (including phenoxy) is 1. The zero-order valence-corrected chi connectivity index (χ0v) is 20.5. The summed E-state index contributed by atoms with van der Waals surface area (Å²) in [4.78, 5) is 54.2. The molecule has 0 radical (unpaired) electrons. The highest BCUT2D eigenvalue weighted by Crippen LogP contribution is 2.40. The molecule has 0 bridgehead atoms. The number of thiazole rings is 1. The number of nitroso groups, excluding NO2 is 1. The molecule has 184 valence electrons. The van der Waals surface area contributed by atoms with Crippen molar-refractivity contribution in [1.82, 2.24) is 15.2 Å². The molecule has 3 heterocycles. The molecule has 12 nitrogen and oxygen atoms in total. The smallest absolute Gasteiger partial charge is 0.352 e. The van der Waals surface area contributed by atoms with Crippen LogP contribution in [0.25, 0.3) is 0 Å². The molecule has 2 amide bonds. The third kappa shape index (κ3) is 4.92. The first-order valence-electron chi connectivity index (χ1n) is 10.0. The molecule has 1 fully saturated rings. The Morgan fingerprint density at radius 3 is 2.69 bits per heavy atom. The summed E-state index contributed by atoms with van der Waals surface area (Å²) in [5.74, 6) is -2.04.